The Kier molecular flexibility index (Phi) is 4.79. The van der Waals surface area contributed by atoms with E-state index in [4.69, 9.17) is 10.8 Å². The van der Waals surface area contributed by atoms with E-state index in [1.807, 2.05) is 6.07 Å². The van der Waals surface area contributed by atoms with E-state index in [-0.39, 0.29) is 5.75 Å². The Morgan fingerprint density at radius 2 is 2.19 bits per heavy atom. The van der Waals surface area contributed by atoms with Crippen LogP contribution in [0.15, 0.2) is 24.3 Å². The molecule has 0 aromatic heterocycles. The van der Waals surface area contributed by atoms with E-state index in [2.05, 4.69) is 0 Å². The van der Waals surface area contributed by atoms with Crippen molar-refractivity contribution in [3.63, 3.8) is 0 Å². The molecular weight excluding hydrogens is 206 g/mol. The number of carbonyl (C=O) groups is 1. The molecule has 4 heteroatoms. The summed E-state index contributed by atoms with van der Waals surface area (Å²) in [5.41, 5.74) is 6.20. The first-order valence-corrected chi connectivity index (χ1v) is 5.34. The van der Waals surface area contributed by atoms with Crippen molar-refractivity contribution in [3.05, 3.63) is 29.8 Å². The summed E-state index contributed by atoms with van der Waals surface area (Å²) in [7, 11) is 0. The molecule has 0 saturated carbocycles. The summed E-state index contributed by atoms with van der Waals surface area (Å²) >= 11 is 0. The first-order valence-electron chi connectivity index (χ1n) is 5.34. The normalized spacial score (nSPS) is 12.3. The fourth-order valence-corrected chi connectivity index (χ4v) is 1.65. The molecule has 0 saturated heterocycles. The number of aromatic hydroxyl groups is 1. The Morgan fingerprint density at radius 3 is 2.75 bits per heavy atom. The summed E-state index contributed by atoms with van der Waals surface area (Å²) in [6.45, 7) is 0.504. The first-order chi connectivity index (χ1) is 7.63. The van der Waals surface area contributed by atoms with Crippen LogP contribution in [0.4, 0.5) is 0 Å². The monoisotopic (exact) mass is 223 g/mol. The van der Waals surface area contributed by atoms with Gasteiger partial charge in [0.2, 0.25) is 0 Å². The summed E-state index contributed by atoms with van der Waals surface area (Å²) < 4.78 is 0. The second-order valence-corrected chi connectivity index (χ2v) is 3.84. The van der Waals surface area contributed by atoms with Gasteiger partial charge in [0.1, 0.15) is 5.75 Å². The topological polar surface area (TPSA) is 83.5 Å². The van der Waals surface area contributed by atoms with Gasteiger partial charge in [0.05, 0.1) is 5.92 Å². The molecule has 0 amide bonds. The summed E-state index contributed by atoms with van der Waals surface area (Å²) in [6.07, 6.45) is 1.71. The van der Waals surface area contributed by atoms with Crippen LogP contribution in [0.1, 0.15) is 18.4 Å². The van der Waals surface area contributed by atoms with Crippen molar-refractivity contribution in [2.45, 2.75) is 19.3 Å². The smallest absolute Gasteiger partial charge is 0.306 e. The summed E-state index contributed by atoms with van der Waals surface area (Å²) in [5.74, 6) is -1.07. The third-order valence-electron chi connectivity index (χ3n) is 2.50. The zero-order chi connectivity index (χ0) is 12.0. The number of hydrogen-bond acceptors (Lipinski definition) is 3. The predicted molar refractivity (Wildman–Crippen MR) is 61.2 cm³/mol. The molecule has 0 aliphatic heterocycles. The van der Waals surface area contributed by atoms with E-state index in [9.17, 15) is 9.90 Å². The SMILES string of the molecule is NCCCC(Cc1cccc(O)c1)C(=O)O. The van der Waals surface area contributed by atoms with Gasteiger partial charge in [0, 0.05) is 0 Å². The van der Waals surface area contributed by atoms with Crippen molar-refractivity contribution in [1.29, 1.82) is 0 Å². The number of benzene rings is 1. The molecule has 1 unspecified atom stereocenters. The molecule has 1 rings (SSSR count). The van der Waals surface area contributed by atoms with Crippen molar-refractivity contribution >= 4 is 5.97 Å². The van der Waals surface area contributed by atoms with Crippen LogP contribution in [0.2, 0.25) is 0 Å². The Hall–Kier alpha value is -1.55. The Bertz CT molecular complexity index is 352. The highest BCUT2D eigenvalue weighted by molar-refractivity contribution is 5.70. The summed E-state index contributed by atoms with van der Waals surface area (Å²) in [4.78, 5) is 11.0. The second kappa shape index (κ2) is 6.12. The molecular formula is C12H17NO3. The molecule has 88 valence electrons. The minimum absolute atomic E-state index is 0.167. The van der Waals surface area contributed by atoms with Crippen molar-refractivity contribution in [1.82, 2.24) is 0 Å². The quantitative estimate of drug-likeness (QED) is 0.680. The fourth-order valence-electron chi connectivity index (χ4n) is 1.65. The molecule has 0 fully saturated rings. The molecule has 0 heterocycles. The Morgan fingerprint density at radius 1 is 1.44 bits per heavy atom. The lowest BCUT2D eigenvalue weighted by molar-refractivity contribution is -0.141. The highest BCUT2D eigenvalue weighted by Crippen LogP contribution is 2.18. The number of phenolic OH excluding ortho intramolecular Hbond substituents is 1. The van der Waals surface area contributed by atoms with Crippen molar-refractivity contribution in [2.24, 2.45) is 11.7 Å². The highest BCUT2D eigenvalue weighted by Gasteiger charge is 2.17. The van der Waals surface area contributed by atoms with Crippen LogP contribution in [-0.4, -0.2) is 22.7 Å². The van der Waals surface area contributed by atoms with Crippen molar-refractivity contribution in [2.75, 3.05) is 6.54 Å². The number of carboxylic acid groups (broad SMARTS) is 1. The largest absolute Gasteiger partial charge is 0.508 e. The van der Waals surface area contributed by atoms with Gasteiger partial charge >= 0.3 is 5.97 Å². The molecule has 0 bridgehead atoms. The van der Waals surface area contributed by atoms with E-state index in [0.717, 1.165) is 5.56 Å². The number of phenols is 1. The van der Waals surface area contributed by atoms with E-state index in [1.165, 1.54) is 0 Å². The van der Waals surface area contributed by atoms with E-state index < -0.39 is 11.9 Å². The van der Waals surface area contributed by atoms with Crippen LogP contribution in [0.5, 0.6) is 5.75 Å². The number of carboxylic acids is 1. The second-order valence-electron chi connectivity index (χ2n) is 3.84. The molecule has 1 aromatic rings. The van der Waals surface area contributed by atoms with E-state index >= 15 is 0 Å². The van der Waals surface area contributed by atoms with E-state index in [0.29, 0.717) is 25.8 Å². The molecule has 1 atom stereocenters. The molecule has 0 aliphatic rings. The summed E-state index contributed by atoms with van der Waals surface area (Å²) in [6, 6.07) is 6.70. The molecule has 1 aromatic carbocycles. The zero-order valence-corrected chi connectivity index (χ0v) is 9.10. The van der Waals surface area contributed by atoms with Gasteiger partial charge in [0.15, 0.2) is 0 Å². The van der Waals surface area contributed by atoms with E-state index in [1.54, 1.807) is 18.2 Å². The van der Waals surface area contributed by atoms with Gasteiger partial charge in [-0.25, -0.2) is 0 Å². The average molecular weight is 223 g/mol. The van der Waals surface area contributed by atoms with Crippen LogP contribution < -0.4 is 5.73 Å². The van der Waals surface area contributed by atoms with Gasteiger partial charge in [-0.1, -0.05) is 12.1 Å². The van der Waals surface area contributed by atoms with Crippen LogP contribution in [0, 0.1) is 5.92 Å². The average Bonchev–Trinajstić information content (AvgIpc) is 2.24. The molecule has 0 radical (unpaired) electrons. The number of aliphatic carboxylic acids is 1. The third kappa shape index (κ3) is 3.90. The zero-order valence-electron chi connectivity index (χ0n) is 9.10. The highest BCUT2D eigenvalue weighted by atomic mass is 16.4. The van der Waals surface area contributed by atoms with Gasteiger partial charge in [0.25, 0.3) is 0 Å². The number of hydrogen-bond donors (Lipinski definition) is 3. The standard InChI is InChI=1S/C12H17NO3/c13-6-2-4-10(12(15)16)7-9-3-1-5-11(14)8-9/h1,3,5,8,10,14H,2,4,6-7,13H2,(H,15,16). The Balaban J connectivity index is 2.64. The lowest BCUT2D eigenvalue weighted by atomic mass is 9.95. The van der Waals surface area contributed by atoms with Crippen molar-refractivity contribution < 1.29 is 15.0 Å². The maximum Gasteiger partial charge on any atom is 0.306 e. The van der Waals surface area contributed by atoms with Gasteiger partial charge < -0.3 is 15.9 Å². The summed E-state index contributed by atoms with van der Waals surface area (Å²) in [5, 5.41) is 18.3. The molecule has 0 spiro atoms. The minimum atomic E-state index is -0.809. The maximum atomic E-state index is 11.0. The van der Waals surface area contributed by atoms with Gasteiger partial charge in [-0.3, -0.25) is 4.79 Å². The maximum absolute atomic E-state index is 11.0. The number of nitrogens with two attached hydrogens (primary N) is 1. The van der Waals surface area contributed by atoms with Crippen LogP contribution in [0.25, 0.3) is 0 Å². The molecule has 4 N–H and O–H groups in total. The van der Waals surface area contributed by atoms with Crippen LogP contribution in [0.3, 0.4) is 0 Å². The number of rotatable bonds is 6. The molecule has 0 aliphatic carbocycles. The Labute approximate surface area is 94.7 Å². The van der Waals surface area contributed by atoms with Gasteiger partial charge in [-0.05, 0) is 43.5 Å². The molecule has 16 heavy (non-hydrogen) atoms. The first kappa shape index (κ1) is 12.5. The van der Waals surface area contributed by atoms with Gasteiger partial charge in [-0.2, -0.15) is 0 Å². The van der Waals surface area contributed by atoms with Crippen molar-refractivity contribution in [3.8, 4) is 5.75 Å². The lowest BCUT2D eigenvalue weighted by Gasteiger charge is -2.11. The lowest BCUT2D eigenvalue weighted by Crippen LogP contribution is -2.17. The fraction of sp³-hybridized carbons (Fsp3) is 0.417. The predicted octanol–water partition coefficient (Wildman–Crippen LogP) is 1.37. The molecule has 4 nitrogen and oxygen atoms in total. The van der Waals surface area contributed by atoms with Crippen LogP contribution in [-0.2, 0) is 11.2 Å². The van der Waals surface area contributed by atoms with Crippen LogP contribution >= 0.6 is 0 Å². The minimum Gasteiger partial charge on any atom is -0.508 e. The van der Waals surface area contributed by atoms with Gasteiger partial charge in [-0.15, -0.1) is 0 Å². The third-order valence-corrected chi connectivity index (χ3v) is 2.50.